The topological polar surface area (TPSA) is 86.7 Å². The zero-order chi connectivity index (χ0) is 14.5. The minimum atomic E-state index is -0.788. The van der Waals surface area contributed by atoms with Crippen molar-refractivity contribution in [3.05, 3.63) is 0 Å². The molecule has 1 saturated carbocycles. The van der Waals surface area contributed by atoms with Crippen molar-refractivity contribution < 1.29 is 19.5 Å². The summed E-state index contributed by atoms with van der Waals surface area (Å²) in [6.45, 7) is 0.752. The lowest BCUT2D eigenvalue weighted by molar-refractivity contribution is -0.141. The number of rotatable bonds is 4. The van der Waals surface area contributed by atoms with Crippen LogP contribution in [-0.2, 0) is 14.4 Å². The lowest BCUT2D eigenvalue weighted by Crippen LogP contribution is -2.43. The molecule has 2 aliphatic rings. The number of amides is 2. The number of carboxylic acid groups (broad SMARTS) is 1. The van der Waals surface area contributed by atoms with Crippen LogP contribution < -0.4 is 5.32 Å². The third-order valence-electron chi connectivity index (χ3n) is 4.15. The summed E-state index contributed by atoms with van der Waals surface area (Å²) in [5.41, 5.74) is 0. The van der Waals surface area contributed by atoms with Gasteiger partial charge in [-0.3, -0.25) is 14.4 Å². The predicted molar refractivity (Wildman–Crippen MR) is 72.0 cm³/mol. The normalized spacial score (nSPS) is 27.2. The number of carbonyl (C=O) groups is 3. The van der Waals surface area contributed by atoms with E-state index >= 15 is 0 Å². The molecule has 2 atom stereocenters. The molecular weight excluding hydrogens is 260 g/mol. The largest absolute Gasteiger partial charge is 0.481 e. The summed E-state index contributed by atoms with van der Waals surface area (Å²) in [4.78, 5) is 36.2. The Labute approximate surface area is 118 Å². The predicted octanol–water partition coefficient (Wildman–Crippen LogP) is 0.758. The van der Waals surface area contributed by atoms with Gasteiger partial charge in [0.2, 0.25) is 11.8 Å². The summed E-state index contributed by atoms with van der Waals surface area (Å²) in [5, 5.41) is 11.8. The molecule has 1 saturated heterocycles. The van der Waals surface area contributed by atoms with E-state index < -0.39 is 5.97 Å². The molecule has 1 heterocycles. The highest BCUT2D eigenvalue weighted by atomic mass is 16.4. The minimum absolute atomic E-state index is 0.0486. The van der Waals surface area contributed by atoms with E-state index in [0.29, 0.717) is 32.2 Å². The molecule has 6 nitrogen and oxygen atoms in total. The van der Waals surface area contributed by atoms with E-state index in [1.165, 1.54) is 0 Å². The first-order chi connectivity index (χ1) is 9.56. The van der Waals surface area contributed by atoms with E-state index in [1.54, 1.807) is 4.90 Å². The van der Waals surface area contributed by atoms with Crippen LogP contribution in [0, 0.1) is 5.92 Å². The van der Waals surface area contributed by atoms with Gasteiger partial charge in [-0.1, -0.05) is 6.42 Å². The fourth-order valence-electron chi connectivity index (χ4n) is 2.99. The number of likely N-dealkylation sites (tertiary alicyclic amines) is 1. The lowest BCUT2D eigenvalue weighted by Gasteiger charge is -2.21. The van der Waals surface area contributed by atoms with Crippen molar-refractivity contribution in [3.8, 4) is 0 Å². The zero-order valence-corrected chi connectivity index (χ0v) is 11.6. The molecule has 6 heteroatoms. The average Bonchev–Trinajstić information content (AvgIpc) is 2.76. The van der Waals surface area contributed by atoms with Crippen molar-refractivity contribution in [2.45, 2.75) is 51.0 Å². The standard InChI is InChI=1S/C14H22N2O4/c17-12(9-16-7-3-1-2-4-13(16)18)15-11-6-5-10(8-11)14(19)20/h10-11H,1-9H2,(H,15,17)(H,19,20). The number of aliphatic carboxylic acids is 1. The Kier molecular flexibility index (Phi) is 4.98. The summed E-state index contributed by atoms with van der Waals surface area (Å²) in [6, 6.07) is -0.0642. The molecule has 1 aliphatic heterocycles. The van der Waals surface area contributed by atoms with E-state index in [9.17, 15) is 14.4 Å². The van der Waals surface area contributed by atoms with E-state index in [-0.39, 0.29) is 30.3 Å². The molecule has 0 radical (unpaired) electrons. The van der Waals surface area contributed by atoms with Crippen LogP contribution >= 0.6 is 0 Å². The highest BCUT2D eigenvalue weighted by Gasteiger charge is 2.31. The van der Waals surface area contributed by atoms with Gasteiger partial charge in [0.05, 0.1) is 12.5 Å². The summed E-state index contributed by atoms with van der Waals surface area (Å²) in [5.74, 6) is -1.26. The fourth-order valence-corrected chi connectivity index (χ4v) is 2.99. The monoisotopic (exact) mass is 282 g/mol. The second-order valence-corrected chi connectivity index (χ2v) is 5.74. The van der Waals surface area contributed by atoms with Gasteiger partial charge < -0.3 is 15.3 Å². The Hall–Kier alpha value is -1.59. The van der Waals surface area contributed by atoms with Crippen LogP contribution in [0.15, 0.2) is 0 Å². The van der Waals surface area contributed by atoms with Crippen LogP contribution in [0.5, 0.6) is 0 Å². The molecule has 0 aromatic heterocycles. The van der Waals surface area contributed by atoms with E-state index in [0.717, 1.165) is 19.3 Å². The Bertz CT molecular complexity index is 397. The molecule has 1 aliphatic carbocycles. The molecule has 2 amide bonds. The number of nitrogens with zero attached hydrogens (tertiary/aromatic N) is 1. The minimum Gasteiger partial charge on any atom is -0.481 e. The summed E-state index contributed by atoms with van der Waals surface area (Å²) in [6.07, 6.45) is 5.22. The molecule has 0 spiro atoms. The summed E-state index contributed by atoms with van der Waals surface area (Å²) >= 11 is 0. The average molecular weight is 282 g/mol. The van der Waals surface area contributed by atoms with Gasteiger partial charge in [-0.15, -0.1) is 0 Å². The first-order valence-electron chi connectivity index (χ1n) is 7.36. The molecule has 2 N–H and O–H groups in total. The van der Waals surface area contributed by atoms with Gasteiger partial charge >= 0.3 is 5.97 Å². The Morgan fingerprint density at radius 2 is 2.05 bits per heavy atom. The number of nitrogens with one attached hydrogen (secondary N) is 1. The summed E-state index contributed by atoms with van der Waals surface area (Å²) in [7, 11) is 0. The second kappa shape index (κ2) is 6.72. The van der Waals surface area contributed by atoms with Crippen molar-refractivity contribution in [2.24, 2.45) is 5.92 Å². The molecule has 2 rings (SSSR count). The van der Waals surface area contributed by atoms with Gasteiger partial charge in [0.15, 0.2) is 0 Å². The highest BCUT2D eigenvalue weighted by Crippen LogP contribution is 2.25. The first kappa shape index (κ1) is 14.8. The molecule has 20 heavy (non-hydrogen) atoms. The van der Waals surface area contributed by atoms with Gasteiger partial charge in [0.1, 0.15) is 0 Å². The van der Waals surface area contributed by atoms with Crippen LogP contribution in [-0.4, -0.2) is 46.9 Å². The van der Waals surface area contributed by atoms with Crippen molar-refractivity contribution in [3.63, 3.8) is 0 Å². The summed E-state index contributed by atoms with van der Waals surface area (Å²) < 4.78 is 0. The van der Waals surface area contributed by atoms with Crippen molar-refractivity contribution in [1.82, 2.24) is 10.2 Å². The second-order valence-electron chi connectivity index (χ2n) is 5.74. The maximum atomic E-state index is 11.9. The van der Waals surface area contributed by atoms with Crippen LogP contribution in [0.1, 0.15) is 44.9 Å². The molecular formula is C14H22N2O4. The van der Waals surface area contributed by atoms with Gasteiger partial charge in [-0.25, -0.2) is 0 Å². The van der Waals surface area contributed by atoms with Crippen LogP contribution in [0.25, 0.3) is 0 Å². The van der Waals surface area contributed by atoms with Gasteiger partial charge in [0.25, 0.3) is 0 Å². The zero-order valence-electron chi connectivity index (χ0n) is 11.6. The van der Waals surface area contributed by atoms with E-state index in [2.05, 4.69) is 5.32 Å². The quantitative estimate of drug-likeness (QED) is 0.797. The van der Waals surface area contributed by atoms with E-state index in [4.69, 9.17) is 5.11 Å². The molecule has 2 fully saturated rings. The smallest absolute Gasteiger partial charge is 0.306 e. The van der Waals surface area contributed by atoms with Crippen LogP contribution in [0.2, 0.25) is 0 Å². The third-order valence-corrected chi connectivity index (χ3v) is 4.15. The van der Waals surface area contributed by atoms with Crippen molar-refractivity contribution in [2.75, 3.05) is 13.1 Å². The number of hydrogen-bond acceptors (Lipinski definition) is 3. The van der Waals surface area contributed by atoms with E-state index in [1.807, 2.05) is 0 Å². The molecule has 0 bridgehead atoms. The third kappa shape index (κ3) is 3.95. The maximum Gasteiger partial charge on any atom is 0.306 e. The van der Waals surface area contributed by atoms with Gasteiger partial charge in [0, 0.05) is 19.0 Å². The highest BCUT2D eigenvalue weighted by molar-refractivity contribution is 5.85. The number of hydrogen-bond donors (Lipinski definition) is 2. The van der Waals surface area contributed by atoms with Gasteiger partial charge in [-0.2, -0.15) is 0 Å². The van der Waals surface area contributed by atoms with Gasteiger partial charge in [-0.05, 0) is 32.1 Å². The SMILES string of the molecule is O=C(CN1CCCCCC1=O)NC1CCC(C(=O)O)C1. The fraction of sp³-hybridized carbons (Fsp3) is 0.786. The Balaban J connectivity index is 1.77. The lowest BCUT2D eigenvalue weighted by atomic mass is 10.1. The van der Waals surface area contributed by atoms with Crippen molar-refractivity contribution >= 4 is 17.8 Å². The Morgan fingerprint density at radius 1 is 1.25 bits per heavy atom. The molecule has 2 unspecified atom stereocenters. The maximum absolute atomic E-state index is 11.9. The molecule has 0 aromatic rings. The molecule has 0 aromatic carbocycles. The van der Waals surface area contributed by atoms with Crippen molar-refractivity contribution in [1.29, 1.82) is 0 Å². The van der Waals surface area contributed by atoms with Crippen LogP contribution in [0.3, 0.4) is 0 Å². The van der Waals surface area contributed by atoms with Crippen LogP contribution in [0.4, 0.5) is 0 Å². The molecule has 112 valence electrons. The Morgan fingerprint density at radius 3 is 2.75 bits per heavy atom. The first-order valence-corrected chi connectivity index (χ1v) is 7.36. The number of carbonyl (C=O) groups excluding carboxylic acids is 2. The number of carboxylic acids is 1.